The van der Waals surface area contributed by atoms with E-state index >= 15 is 0 Å². The molecule has 2 N–H and O–H groups in total. The summed E-state index contributed by atoms with van der Waals surface area (Å²) in [5, 5.41) is 0. The number of nitrogens with zero attached hydrogens (tertiary/aromatic N) is 1. The molecule has 0 saturated carbocycles. The van der Waals surface area contributed by atoms with E-state index in [4.69, 9.17) is 4.74 Å². The van der Waals surface area contributed by atoms with E-state index in [0.29, 0.717) is 26.3 Å². The van der Waals surface area contributed by atoms with E-state index in [-0.39, 0.29) is 16.7 Å². The van der Waals surface area contributed by atoms with E-state index in [2.05, 4.69) is 9.97 Å². The monoisotopic (exact) mass is 315 g/mol. The minimum Gasteiger partial charge on any atom is -0.378 e. The number of aromatic nitrogens is 2. The lowest BCUT2D eigenvalue weighted by molar-refractivity contribution is -0.137. The fourth-order valence-electron chi connectivity index (χ4n) is 2.45. The van der Waals surface area contributed by atoms with Crippen LogP contribution in [-0.4, -0.2) is 36.3 Å². The first-order chi connectivity index (χ1) is 10.4. The third-order valence-electron chi connectivity index (χ3n) is 3.50. The molecule has 1 aliphatic rings. The second-order valence-electron chi connectivity index (χ2n) is 4.92. The van der Waals surface area contributed by atoms with Gasteiger partial charge in [-0.1, -0.05) is 0 Å². The molecule has 1 saturated heterocycles. The summed E-state index contributed by atoms with van der Waals surface area (Å²) in [7, 11) is 0. The third-order valence-corrected chi connectivity index (χ3v) is 3.50. The van der Waals surface area contributed by atoms with E-state index < -0.39 is 22.9 Å². The zero-order chi connectivity index (χ0) is 15.9. The molecule has 0 bridgehead atoms. The number of ether oxygens (including phenoxy) is 1. The Bertz CT molecular complexity index is 819. The van der Waals surface area contributed by atoms with Crippen LogP contribution in [0.4, 0.5) is 18.9 Å². The molecule has 0 atom stereocenters. The van der Waals surface area contributed by atoms with Gasteiger partial charge in [0, 0.05) is 13.1 Å². The average molecular weight is 315 g/mol. The summed E-state index contributed by atoms with van der Waals surface area (Å²) < 4.78 is 45.0. The SMILES string of the molecule is O=c1[nH]c2cc(N3CCOCC3)c(C(F)(F)F)cc2[nH]c1=O. The lowest BCUT2D eigenvalue weighted by atomic mass is 10.1. The molecule has 1 aliphatic heterocycles. The molecule has 1 aromatic carbocycles. The van der Waals surface area contributed by atoms with Crippen LogP contribution in [0.1, 0.15) is 5.56 Å². The molecule has 9 heteroatoms. The van der Waals surface area contributed by atoms with E-state index in [0.717, 1.165) is 6.07 Å². The summed E-state index contributed by atoms with van der Waals surface area (Å²) in [5.74, 6) is 0. The molecule has 22 heavy (non-hydrogen) atoms. The van der Waals surface area contributed by atoms with Crippen LogP contribution in [0.25, 0.3) is 11.0 Å². The van der Waals surface area contributed by atoms with Crippen molar-refractivity contribution in [1.29, 1.82) is 0 Å². The van der Waals surface area contributed by atoms with Gasteiger partial charge in [0.1, 0.15) is 0 Å². The minimum absolute atomic E-state index is 0.0361. The van der Waals surface area contributed by atoms with Crippen molar-refractivity contribution in [3.8, 4) is 0 Å². The number of hydrogen-bond acceptors (Lipinski definition) is 4. The fraction of sp³-hybridized carbons (Fsp3) is 0.385. The van der Waals surface area contributed by atoms with Gasteiger partial charge in [0.25, 0.3) is 0 Å². The molecule has 6 nitrogen and oxygen atoms in total. The van der Waals surface area contributed by atoms with E-state index in [1.807, 2.05) is 0 Å². The topological polar surface area (TPSA) is 78.2 Å². The van der Waals surface area contributed by atoms with Crippen LogP contribution < -0.4 is 16.0 Å². The number of benzene rings is 1. The summed E-state index contributed by atoms with van der Waals surface area (Å²) in [4.78, 5) is 28.6. The third kappa shape index (κ3) is 2.59. The molecule has 3 rings (SSSR count). The molecule has 0 spiro atoms. The van der Waals surface area contributed by atoms with E-state index in [1.165, 1.54) is 6.07 Å². The van der Waals surface area contributed by atoms with Crippen LogP contribution in [-0.2, 0) is 10.9 Å². The van der Waals surface area contributed by atoms with Crippen molar-refractivity contribution in [2.45, 2.75) is 6.18 Å². The number of hydrogen-bond donors (Lipinski definition) is 2. The highest BCUT2D eigenvalue weighted by molar-refractivity contribution is 5.81. The second kappa shape index (κ2) is 5.16. The molecule has 0 aliphatic carbocycles. The van der Waals surface area contributed by atoms with Crippen molar-refractivity contribution in [2.75, 3.05) is 31.2 Å². The first-order valence-corrected chi connectivity index (χ1v) is 6.56. The number of anilines is 1. The van der Waals surface area contributed by atoms with Crippen LogP contribution in [0.2, 0.25) is 0 Å². The number of morpholine rings is 1. The molecule has 2 heterocycles. The Balaban J connectivity index is 2.25. The van der Waals surface area contributed by atoms with Crippen LogP contribution >= 0.6 is 0 Å². The predicted octanol–water partition coefficient (Wildman–Crippen LogP) is 1.07. The molecule has 0 unspecified atom stereocenters. The average Bonchev–Trinajstić information content (AvgIpc) is 2.47. The fourth-order valence-corrected chi connectivity index (χ4v) is 2.45. The van der Waals surface area contributed by atoms with Crippen molar-refractivity contribution in [1.82, 2.24) is 9.97 Å². The first kappa shape index (κ1) is 14.6. The molecule has 0 radical (unpaired) electrons. The molecule has 118 valence electrons. The lowest BCUT2D eigenvalue weighted by Gasteiger charge is -2.31. The predicted molar refractivity (Wildman–Crippen MR) is 73.2 cm³/mol. The Morgan fingerprint density at radius 3 is 2.09 bits per heavy atom. The number of H-pyrrole nitrogens is 2. The normalized spacial score (nSPS) is 16.2. The van der Waals surface area contributed by atoms with Gasteiger partial charge in [-0.05, 0) is 12.1 Å². The Morgan fingerprint density at radius 1 is 1.00 bits per heavy atom. The highest BCUT2D eigenvalue weighted by atomic mass is 19.4. The number of nitrogens with one attached hydrogen (secondary N) is 2. The van der Waals surface area contributed by atoms with Gasteiger partial charge in [-0.25, -0.2) is 0 Å². The molecular weight excluding hydrogens is 303 g/mol. The zero-order valence-corrected chi connectivity index (χ0v) is 11.3. The molecule has 1 fully saturated rings. The molecule has 1 aromatic heterocycles. The Kier molecular flexibility index (Phi) is 3.44. The van der Waals surface area contributed by atoms with Crippen LogP contribution in [0.5, 0.6) is 0 Å². The summed E-state index contributed by atoms with van der Waals surface area (Å²) in [6.45, 7) is 1.30. The van der Waals surface area contributed by atoms with Gasteiger partial charge in [0.15, 0.2) is 0 Å². The van der Waals surface area contributed by atoms with Crippen LogP contribution in [0.15, 0.2) is 21.7 Å². The van der Waals surface area contributed by atoms with Gasteiger partial charge in [-0.3, -0.25) is 9.59 Å². The van der Waals surface area contributed by atoms with Crippen molar-refractivity contribution in [3.63, 3.8) is 0 Å². The van der Waals surface area contributed by atoms with Crippen molar-refractivity contribution in [3.05, 3.63) is 38.4 Å². The van der Waals surface area contributed by atoms with Gasteiger partial charge in [-0.2, -0.15) is 13.2 Å². The largest absolute Gasteiger partial charge is 0.418 e. The number of halogens is 3. The molecule has 2 aromatic rings. The van der Waals surface area contributed by atoms with Crippen molar-refractivity contribution in [2.24, 2.45) is 0 Å². The Morgan fingerprint density at radius 2 is 1.55 bits per heavy atom. The number of aromatic amines is 2. The summed E-state index contributed by atoms with van der Waals surface area (Å²) >= 11 is 0. The van der Waals surface area contributed by atoms with Crippen molar-refractivity contribution < 1.29 is 17.9 Å². The summed E-state index contributed by atoms with van der Waals surface area (Å²) in [5.41, 5.74) is -2.69. The maximum absolute atomic E-state index is 13.3. The lowest BCUT2D eigenvalue weighted by Crippen LogP contribution is -2.37. The maximum Gasteiger partial charge on any atom is 0.418 e. The maximum atomic E-state index is 13.3. The van der Waals surface area contributed by atoms with Gasteiger partial charge in [0.2, 0.25) is 0 Å². The Hall–Kier alpha value is -2.29. The summed E-state index contributed by atoms with van der Waals surface area (Å²) in [6, 6.07) is 2.08. The van der Waals surface area contributed by atoms with Crippen LogP contribution in [0, 0.1) is 0 Å². The minimum atomic E-state index is -4.57. The smallest absolute Gasteiger partial charge is 0.378 e. The highest BCUT2D eigenvalue weighted by Crippen LogP contribution is 2.38. The van der Waals surface area contributed by atoms with Crippen LogP contribution in [0.3, 0.4) is 0 Å². The number of rotatable bonds is 1. The van der Waals surface area contributed by atoms with Gasteiger partial charge >= 0.3 is 17.3 Å². The van der Waals surface area contributed by atoms with E-state index in [9.17, 15) is 22.8 Å². The first-order valence-electron chi connectivity index (χ1n) is 6.56. The Labute approximate surface area is 121 Å². The number of fused-ring (bicyclic) bond motifs is 1. The van der Waals surface area contributed by atoms with Crippen molar-refractivity contribution >= 4 is 16.7 Å². The molecule has 0 amide bonds. The van der Waals surface area contributed by atoms with Gasteiger partial charge in [-0.15, -0.1) is 0 Å². The standard InChI is InChI=1S/C13H12F3N3O3/c14-13(15,16)7-5-8-9(18-12(21)11(20)17-8)6-10(7)19-1-3-22-4-2-19/h5-6H,1-4H2,(H,17,20)(H,18,21). The summed E-state index contributed by atoms with van der Waals surface area (Å²) in [6.07, 6.45) is -4.57. The highest BCUT2D eigenvalue weighted by Gasteiger charge is 2.36. The molecular formula is C13H12F3N3O3. The van der Waals surface area contributed by atoms with E-state index in [1.54, 1.807) is 4.90 Å². The quantitative estimate of drug-likeness (QED) is 0.772. The second-order valence-corrected chi connectivity index (χ2v) is 4.92. The van der Waals surface area contributed by atoms with Gasteiger partial charge in [0.05, 0.1) is 35.5 Å². The van der Waals surface area contributed by atoms with Gasteiger partial charge < -0.3 is 19.6 Å². The zero-order valence-electron chi connectivity index (χ0n) is 11.3. The number of alkyl halides is 3.